The van der Waals surface area contributed by atoms with Crippen LogP contribution in [0.15, 0.2) is 24.3 Å². The van der Waals surface area contributed by atoms with E-state index in [0.29, 0.717) is 18.5 Å². The number of hydrogen-bond donors (Lipinski definition) is 1. The van der Waals surface area contributed by atoms with Gasteiger partial charge < -0.3 is 4.90 Å². The third kappa shape index (κ3) is 2.27. The Morgan fingerprint density at radius 2 is 1.95 bits per heavy atom. The van der Waals surface area contributed by atoms with Gasteiger partial charge in [0, 0.05) is 6.04 Å². The zero-order chi connectivity index (χ0) is 13.4. The Labute approximate surface area is 115 Å². The van der Waals surface area contributed by atoms with E-state index in [1.807, 2.05) is 0 Å². The van der Waals surface area contributed by atoms with E-state index >= 15 is 0 Å². The number of benzene rings is 1. The summed E-state index contributed by atoms with van der Waals surface area (Å²) in [7, 11) is 0. The van der Waals surface area contributed by atoms with Crippen LogP contribution in [0.4, 0.5) is 0 Å². The van der Waals surface area contributed by atoms with Crippen molar-refractivity contribution >= 4 is 5.91 Å². The van der Waals surface area contributed by atoms with Crippen molar-refractivity contribution in [1.82, 2.24) is 10.2 Å². The Bertz CT molecular complexity index is 468. The van der Waals surface area contributed by atoms with Crippen molar-refractivity contribution in [3.05, 3.63) is 35.4 Å². The van der Waals surface area contributed by atoms with Gasteiger partial charge >= 0.3 is 0 Å². The molecule has 2 fully saturated rings. The van der Waals surface area contributed by atoms with Crippen molar-refractivity contribution in [3.63, 3.8) is 0 Å². The maximum atomic E-state index is 12.2. The van der Waals surface area contributed by atoms with Gasteiger partial charge in [0.2, 0.25) is 5.91 Å². The molecule has 1 amide bonds. The SMILES string of the molecule is Cc1ccc(C2NCC(=O)N2C2CCCC2C)cc1. The number of amides is 1. The van der Waals surface area contributed by atoms with Gasteiger partial charge in [0.25, 0.3) is 0 Å². The third-order valence-electron chi connectivity index (χ3n) is 4.58. The Kier molecular flexibility index (Phi) is 3.31. The fourth-order valence-electron chi connectivity index (χ4n) is 3.46. The molecule has 1 aromatic rings. The molecule has 1 heterocycles. The molecule has 1 saturated carbocycles. The number of rotatable bonds is 2. The van der Waals surface area contributed by atoms with Crippen LogP contribution in [-0.2, 0) is 4.79 Å². The molecule has 1 saturated heterocycles. The third-order valence-corrected chi connectivity index (χ3v) is 4.58. The maximum absolute atomic E-state index is 12.2. The molecule has 3 atom stereocenters. The van der Waals surface area contributed by atoms with E-state index < -0.39 is 0 Å². The van der Waals surface area contributed by atoms with Crippen molar-refractivity contribution in [2.75, 3.05) is 6.54 Å². The fourth-order valence-corrected chi connectivity index (χ4v) is 3.46. The highest BCUT2D eigenvalue weighted by Crippen LogP contribution is 2.35. The number of hydrogen-bond acceptors (Lipinski definition) is 2. The van der Waals surface area contributed by atoms with E-state index in [9.17, 15) is 4.79 Å². The summed E-state index contributed by atoms with van der Waals surface area (Å²) in [5.74, 6) is 0.876. The van der Waals surface area contributed by atoms with Gasteiger partial charge in [-0.1, -0.05) is 43.2 Å². The van der Waals surface area contributed by atoms with Crippen LogP contribution in [0.5, 0.6) is 0 Å². The number of carbonyl (C=O) groups excluding carboxylic acids is 1. The second-order valence-corrected chi connectivity index (χ2v) is 5.97. The van der Waals surface area contributed by atoms with Gasteiger partial charge in [0.1, 0.15) is 6.17 Å². The van der Waals surface area contributed by atoms with E-state index in [-0.39, 0.29) is 12.1 Å². The van der Waals surface area contributed by atoms with Crippen LogP contribution >= 0.6 is 0 Å². The van der Waals surface area contributed by atoms with Gasteiger partial charge in [-0.05, 0) is 31.2 Å². The first-order chi connectivity index (χ1) is 9.16. The lowest BCUT2D eigenvalue weighted by Crippen LogP contribution is -2.41. The highest BCUT2D eigenvalue weighted by Gasteiger charge is 2.40. The average Bonchev–Trinajstić information content (AvgIpc) is 2.96. The van der Waals surface area contributed by atoms with Gasteiger partial charge in [0.05, 0.1) is 6.54 Å². The maximum Gasteiger partial charge on any atom is 0.238 e. The van der Waals surface area contributed by atoms with Crippen molar-refractivity contribution in [2.45, 2.75) is 45.3 Å². The summed E-state index contributed by atoms with van der Waals surface area (Å²) >= 11 is 0. The molecular weight excluding hydrogens is 236 g/mol. The quantitative estimate of drug-likeness (QED) is 0.884. The molecule has 1 aromatic carbocycles. The van der Waals surface area contributed by atoms with Crippen molar-refractivity contribution in [2.24, 2.45) is 5.92 Å². The van der Waals surface area contributed by atoms with E-state index in [2.05, 4.69) is 48.3 Å². The van der Waals surface area contributed by atoms with Gasteiger partial charge in [-0.25, -0.2) is 0 Å². The molecule has 3 heteroatoms. The van der Waals surface area contributed by atoms with E-state index in [1.165, 1.54) is 24.0 Å². The first kappa shape index (κ1) is 12.7. The molecule has 102 valence electrons. The van der Waals surface area contributed by atoms with E-state index in [4.69, 9.17) is 0 Å². The summed E-state index contributed by atoms with van der Waals surface area (Å²) < 4.78 is 0. The van der Waals surface area contributed by atoms with Crippen molar-refractivity contribution in [1.29, 1.82) is 0 Å². The largest absolute Gasteiger partial charge is 0.319 e. The molecule has 0 spiro atoms. The van der Waals surface area contributed by atoms with Gasteiger partial charge in [-0.2, -0.15) is 0 Å². The second-order valence-electron chi connectivity index (χ2n) is 5.97. The number of carbonyl (C=O) groups is 1. The molecule has 2 aliphatic rings. The fraction of sp³-hybridized carbons (Fsp3) is 0.562. The Hall–Kier alpha value is -1.35. The van der Waals surface area contributed by atoms with Gasteiger partial charge in [0.15, 0.2) is 0 Å². The molecule has 0 radical (unpaired) electrons. The minimum atomic E-state index is 0.0682. The lowest BCUT2D eigenvalue weighted by Gasteiger charge is -2.33. The molecule has 1 aliphatic carbocycles. The van der Waals surface area contributed by atoms with Crippen LogP contribution in [-0.4, -0.2) is 23.4 Å². The molecule has 3 nitrogen and oxygen atoms in total. The van der Waals surface area contributed by atoms with Crippen LogP contribution in [0, 0.1) is 12.8 Å². The van der Waals surface area contributed by atoms with Gasteiger partial charge in [-0.3, -0.25) is 10.1 Å². The zero-order valence-electron chi connectivity index (χ0n) is 11.7. The van der Waals surface area contributed by atoms with E-state index in [0.717, 1.165) is 6.42 Å². The lowest BCUT2D eigenvalue weighted by molar-refractivity contribution is -0.131. The first-order valence-corrected chi connectivity index (χ1v) is 7.28. The summed E-state index contributed by atoms with van der Waals surface area (Å²) in [6.07, 6.45) is 3.71. The van der Waals surface area contributed by atoms with Crippen LogP contribution in [0.2, 0.25) is 0 Å². The normalized spacial score (nSPS) is 31.2. The lowest BCUT2D eigenvalue weighted by atomic mass is 10.0. The molecule has 19 heavy (non-hydrogen) atoms. The molecule has 0 bridgehead atoms. The summed E-state index contributed by atoms with van der Waals surface area (Å²) in [4.78, 5) is 14.3. The molecule has 1 N–H and O–H groups in total. The smallest absolute Gasteiger partial charge is 0.238 e. The minimum absolute atomic E-state index is 0.0682. The highest BCUT2D eigenvalue weighted by molar-refractivity contribution is 5.81. The molecule has 0 aromatic heterocycles. The Morgan fingerprint density at radius 1 is 1.21 bits per heavy atom. The summed E-state index contributed by atoms with van der Waals surface area (Å²) in [5, 5.41) is 3.37. The molecule has 3 rings (SSSR count). The predicted molar refractivity (Wildman–Crippen MR) is 75.6 cm³/mol. The standard InChI is InChI=1S/C16H22N2O/c1-11-6-8-13(9-7-11)16-17-10-15(19)18(16)14-5-3-4-12(14)2/h6-9,12,14,16-17H,3-5,10H2,1-2H3. The first-order valence-electron chi connectivity index (χ1n) is 7.28. The predicted octanol–water partition coefficient (Wildman–Crippen LogP) is 2.61. The number of nitrogens with one attached hydrogen (secondary N) is 1. The molecular formula is C16H22N2O. The van der Waals surface area contributed by atoms with Crippen LogP contribution in [0.1, 0.15) is 43.5 Å². The van der Waals surface area contributed by atoms with Crippen molar-refractivity contribution < 1.29 is 4.79 Å². The van der Waals surface area contributed by atoms with Crippen LogP contribution in [0.3, 0.4) is 0 Å². The summed E-state index contributed by atoms with van der Waals surface area (Å²) in [6.45, 7) is 4.84. The molecule has 1 aliphatic heterocycles. The zero-order valence-corrected chi connectivity index (χ0v) is 11.7. The van der Waals surface area contributed by atoms with Crippen molar-refractivity contribution in [3.8, 4) is 0 Å². The number of nitrogens with zero attached hydrogens (tertiary/aromatic N) is 1. The molecule has 3 unspecified atom stereocenters. The number of aryl methyl sites for hydroxylation is 1. The van der Waals surface area contributed by atoms with Gasteiger partial charge in [-0.15, -0.1) is 0 Å². The summed E-state index contributed by atoms with van der Waals surface area (Å²) in [6, 6.07) is 8.93. The second kappa shape index (κ2) is 4.97. The summed E-state index contributed by atoms with van der Waals surface area (Å²) in [5.41, 5.74) is 2.46. The highest BCUT2D eigenvalue weighted by atomic mass is 16.2. The monoisotopic (exact) mass is 258 g/mol. The topological polar surface area (TPSA) is 32.3 Å². The van der Waals surface area contributed by atoms with Crippen LogP contribution in [0.25, 0.3) is 0 Å². The van der Waals surface area contributed by atoms with Crippen LogP contribution < -0.4 is 5.32 Å². The Balaban J connectivity index is 1.87. The minimum Gasteiger partial charge on any atom is -0.319 e. The average molecular weight is 258 g/mol. The van der Waals surface area contributed by atoms with E-state index in [1.54, 1.807) is 0 Å². The Morgan fingerprint density at radius 3 is 2.58 bits per heavy atom.